The molecule has 2 rings (SSSR count). The van der Waals surface area contributed by atoms with Crippen molar-refractivity contribution in [3.05, 3.63) is 29.8 Å². The molecule has 0 radical (unpaired) electrons. The molecule has 0 aliphatic heterocycles. The largest absolute Gasteiger partial charge is 0.356 e. The summed E-state index contributed by atoms with van der Waals surface area (Å²) in [4.78, 5) is 4.24. The summed E-state index contributed by atoms with van der Waals surface area (Å²) in [6.45, 7) is 1.40. The number of para-hydroxylation sites is 1. The van der Waals surface area contributed by atoms with Crippen LogP contribution in [0.25, 0.3) is 0 Å². The number of halogens is 1. The summed E-state index contributed by atoms with van der Waals surface area (Å²) >= 11 is 0. The molecule has 0 spiro atoms. The predicted octanol–water partition coefficient (Wildman–Crippen LogP) is 3.70. The van der Waals surface area contributed by atoms with Crippen LogP contribution in [-0.4, -0.2) is 34.2 Å². The summed E-state index contributed by atoms with van der Waals surface area (Å²) in [6.07, 6.45) is 10.6. The maximum absolute atomic E-state index is 11.5. The van der Waals surface area contributed by atoms with Crippen molar-refractivity contribution in [2.75, 3.05) is 24.6 Å². The standard InChI is InChI=1S/C19H32N4O2S.HI/c1-20-19(21-14-8-7-11-16-9-3-4-10-16)22-15-17-12-5-6-13-18(17)23-26(2,24)25;/h5-6,12-13,16,23H,3-4,7-11,14-15H2,1-2H3,(H2,20,21,22);1H. The van der Waals surface area contributed by atoms with Gasteiger partial charge in [0.15, 0.2) is 5.96 Å². The van der Waals surface area contributed by atoms with Crippen molar-refractivity contribution < 1.29 is 8.42 Å². The highest BCUT2D eigenvalue weighted by Crippen LogP contribution is 2.28. The third-order valence-corrected chi connectivity index (χ3v) is 5.38. The number of nitrogens with one attached hydrogen (secondary N) is 3. The molecule has 154 valence electrons. The third-order valence-electron chi connectivity index (χ3n) is 4.79. The molecule has 1 aliphatic rings. The molecule has 6 nitrogen and oxygen atoms in total. The van der Waals surface area contributed by atoms with E-state index in [1.54, 1.807) is 13.1 Å². The first-order chi connectivity index (χ1) is 12.5. The van der Waals surface area contributed by atoms with Gasteiger partial charge in [0.2, 0.25) is 10.0 Å². The molecule has 8 heteroatoms. The van der Waals surface area contributed by atoms with Crippen molar-refractivity contribution in [3.63, 3.8) is 0 Å². The van der Waals surface area contributed by atoms with Crippen LogP contribution < -0.4 is 15.4 Å². The van der Waals surface area contributed by atoms with Crippen LogP contribution in [0.2, 0.25) is 0 Å². The molecule has 3 N–H and O–H groups in total. The van der Waals surface area contributed by atoms with E-state index >= 15 is 0 Å². The first kappa shape index (κ1) is 24.0. The van der Waals surface area contributed by atoms with Crippen LogP contribution in [0.4, 0.5) is 5.69 Å². The average Bonchev–Trinajstić information content (AvgIpc) is 3.10. The van der Waals surface area contributed by atoms with E-state index in [9.17, 15) is 8.42 Å². The van der Waals surface area contributed by atoms with Gasteiger partial charge < -0.3 is 10.6 Å². The number of anilines is 1. The zero-order valence-corrected chi connectivity index (χ0v) is 19.5. The highest BCUT2D eigenvalue weighted by molar-refractivity contribution is 14.0. The maximum Gasteiger partial charge on any atom is 0.229 e. The molecule has 0 amide bonds. The quantitative estimate of drug-likeness (QED) is 0.206. The van der Waals surface area contributed by atoms with Gasteiger partial charge in [-0.15, -0.1) is 24.0 Å². The van der Waals surface area contributed by atoms with Crippen LogP contribution >= 0.6 is 24.0 Å². The first-order valence-electron chi connectivity index (χ1n) is 9.48. The number of unbranched alkanes of at least 4 members (excludes halogenated alkanes) is 1. The summed E-state index contributed by atoms with van der Waals surface area (Å²) in [6, 6.07) is 7.37. The number of nitrogens with zero attached hydrogens (tertiary/aromatic N) is 1. The molecular formula is C19H33IN4O2S. The zero-order chi connectivity index (χ0) is 18.8. The van der Waals surface area contributed by atoms with Crippen molar-refractivity contribution in [2.24, 2.45) is 10.9 Å². The van der Waals surface area contributed by atoms with Gasteiger partial charge >= 0.3 is 0 Å². The molecule has 1 aliphatic carbocycles. The molecule has 0 heterocycles. The van der Waals surface area contributed by atoms with Crippen molar-refractivity contribution in [1.82, 2.24) is 10.6 Å². The molecule has 27 heavy (non-hydrogen) atoms. The van der Waals surface area contributed by atoms with E-state index in [2.05, 4.69) is 20.3 Å². The van der Waals surface area contributed by atoms with Crippen LogP contribution in [0.1, 0.15) is 50.5 Å². The lowest BCUT2D eigenvalue weighted by Crippen LogP contribution is -2.37. The van der Waals surface area contributed by atoms with Crippen LogP contribution in [0.5, 0.6) is 0 Å². The fourth-order valence-corrected chi connectivity index (χ4v) is 4.04. The van der Waals surface area contributed by atoms with Crippen LogP contribution in [0.3, 0.4) is 0 Å². The van der Waals surface area contributed by atoms with E-state index in [1.807, 2.05) is 18.2 Å². The van der Waals surface area contributed by atoms with Crippen LogP contribution in [0.15, 0.2) is 29.3 Å². The second kappa shape index (κ2) is 12.4. The number of guanidine groups is 1. The molecule has 0 unspecified atom stereocenters. The number of rotatable bonds is 9. The minimum absolute atomic E-state index is 0. The molecule has 0 saturated heterocycles. The number of sulfonamides is 1. The summed E-state index contributed by atoms with van der Waals surface area (Å²) in [5.41, 5.74) is 1.47. The normalized spacial score (nSPS) is 15.3. The Morgan fingerprint density at radius 1 is 1.15 bits per heavy atom. The number of hydrogen-bond acceptors (Lipinski definition) is 3. The van der Waals surface area contributed by atoms with Gasteiger partial charge in [0.05, 0.1) is 11.9 Å². The minimum atomic E-state index is -3.30. The van der Waals surface area contributed by atoms with E-state index in [0.717, 1.165) is 36.7 Å². The lowest BCUT2D eigenvalue weighted by Gasteiger charge is -2.15. The van der Waals surface area contributed by atoms with Crippen LogP contribution in [0, 0.1) is 5.92 Å². The van der Waals surface area contributed by atoms with E-state index in [4.69, 9.17) is 0 Å². The second-order valence-electron chi connectivity index (χ2n) is 7.03. The Morgan fingerprint density at radius 3 is 2.52 bits per heavy atom. The van der Waals surface area contributed by atoms with Crippen LogP contribution in [-0.2, 0) is 16.6 Å². The van der Waals surface area contributed by atoms with E-state index in [-0.39, 0.29) is 24.0 Å². The summed E-state index contributed by atoms with van der Waals surface area (Å²) in [7, 11) is -1.55. The van der Waals surface area contributed by atoms with E-state index < -0.39 is 10.0 Å². The Kier molecular flexibility index (Phi) is 11.1. The summed E-state index contributed by atoms with van der Waals surface area (Å²) in [5, 5.41) is 6.58. The molecule has 0 atom stereocenters. The summed E-state index contributed by atoms with van der Waals surface area (Å²) in [5.74, 6) is 1.69. The van der Waals surface area contributed by atoms with Gasteiger partial charge in [0, 0.05) is 20.1 Å². The first-order valence-corrected chi connectivity index (χ1v) is 11.4. The smallest absolute Gasteiger partial charge is 0.229 e. The molecule has 1 saturated carbocycles. The molecule has 0 aromatic heterocycles. The number of hydrogen-bond donors (Lipinski definition) is 3. The lowest BCUT2D eigenvalue weighted by molar-refractivity contribution is 0.472. The topological polar surface area (TPSA) is 82.6 Å². The summed E-state index contributed by atoms with van der Waals surface area (Å²) < 4.78 is 25.5. The Balaban J connectivity index is 0.00000364. The second-order valence-corrected chi connectivity index (χ2v) is 8.78. The van der Waals surface area contributed by atoms with Gasteiger partial charge in [0.1, 0.15) is 0 Å². The molecule has 1 aromatic rings. The molecule has 0 bridgehead atoms. The Morgan fingerprint density at radius 2 is 1.85 bits per heavy atom. The molecular weight excluding hydrogens is 475 g/mol. The highest BCUT2D eigenvalue weighted by Gasteiger charge is 2.14. The maximum atomic E-state index is 11.5. The number of benzene rings is 1. The van der Waals surface area contributed by atoms with Gasteiger partial charge in [-0.1, -0.05) is 56.7 Å². The highest BCUT2D eigenvalue weighted by atomic mass is 127. The predicted molar refractivity (Wildman–Crippen MR) is 124 cm³/mol. The Hall–Kier alpha value is -1.03. The molecule has 1 aromatic carbocycles. The van der Waals surface area contributed by atoms with Crippen molar-refractivity contribution in [3.8, 4) is 0 Å². The zero-order valence-electron chi connectivity index (χ0n) is 16.3. The lowest BCUT2D eigenvalue weighted by atomic mass is 10.0. The van der Waals surface area contributed by atoms with Gasteiger partial charge in [-0.25, -0.2) is 8.42 Å². The van der Waals surface area contributed by atoms with Gasteiger partial charge in [-0.05, 0) is 24.0 Å². The fourth-order valence-electron chi connectivity index (χ4n) is 3.44. The Labute approximate surface area is 181 Å². The third kappa shape index (κ3) is 9.64. The van der Waals surface area contributed by atoms with Crippen molar-refractivity contribution >= 4 is 45.6 Å². The monoisotopic (exact) mass is 508 g/mol. The van der Waals surface area contributed by atoms with Gasteiger partial charge in [-0.3, -0.25) is 9.71 Å². The molecule has 1 fully saturated rings. The fraction of sp³-hybridized carbons (Fsp3) is 0.632. The van der Waals surface area contributed by atoms with E-state index in [1.165, 1.54) is 38.5 Å². The van der Waals surface area contributed by atoms with Gasteiger partial charge in [-0.2, -0.15) is 0 Å². The van der Waals surface area contributed by atoms with Crippen molar-refractivity contribution in [1.29, 1.82) is 0 Å². The van der Waals surface area contributed by atoms with Crippen molar-refractivity contribution in [2.45, 2.75) is 51.5 Å². The van der Waals surface area contributed by atoms with Gasteiger partial charge in [0.25, 0.3) is 0 Å². The number of aliphatic imine (C=N–C) groups is 1. The SMILES string of the molecule is CN=C(NCCCCC1CCCC1)NCc1ccccc1NS(C)(=O)=O.I. The van der Waals surface area contributed by atoms with E-state index in [0.29, 0.717) is 12.2 Å². The minimum Gasteiger partial charge on any atom is -0.356 e. The Bertz CT molecular complexity index is 689. The average molecular weight is 508 g/mol.